The number of benzene rings is 1. The number of halogens is 3. The first-order chi connectivity index (χ1) is 7.51. The van der Waals surface area contributed by atoms with E-state index in [0.29, 0.717) is 12.8 Å². The van der Waals surface area contributed by atoms with Gasteiger partial charge in [-0.1, -0.05) is 12.1 Å². The van der Waals surface area contributed by atoms with Gasteiger partial charge in [-0.3, -0.25) is 4.74 Å². The third-order valence-electron chi connectivity index (χ3n) is 2.03. The number of methoxy groups -OCH3 is 1. The Morgan fingerprint density at radius 2 is 1.75 bits per heavy atom. The number of hydrogen-bond donors (Lipinski definition) is 0. The summed E-state index contributed by atoms with van der Waals surface area (Å²) in [5, 5.41) is 0. The number of hydrogen-bond acceptors (Lipinski definition) is 2. The Morgan fingerprint density at radius 1 is 1.12 bits per heavy atom. The molecule has 0 heterocycles. The topological polar surface area (TPSA) is 18.5 Å². The molecule has 0 atom stereocenters. The van der Waals surface area contributed by atoms with Crippen LogP contribution in [0.1, 0.15) is 12.0 Å². The van der Waals surface area contributed by atoms with E-state index in [1.807, 2.05) is 12.1 Å². The molecule has 1 rings (SSSR count). The molecule has 0 bridgehead atoms. The lowest BCUT2D eigenvalue weighted by molar-refractivity contribution is -0.324. The Kier molecular flexibility index (Phi) is 4.61. The predicted molar refractivity (Wildman–Crippen MR) is 53.3 cm³/mol. The van der Waals surface area contributed by atoms with Gasteiger partial charge in [0.25, 0.3) is 0 Å². The summed E-state index contributed by atoms with van der Waals surface area (Å²) < 4.78 is 43.6. The van der Waals surface area contributed by atoms with Gasteiger partial charge in [-0.25, -0.2) is 0 Å². The molecular weight excluding hydrogens is 221 g/mol. The smallest absolute Gasteiger partial charge is 0.497 e. The molecule has 0 fully saturated rings. The van der Waals surface area contributed by atoms with Gasteiger partial charge in [0.15, 0.2) is 0 Å². The van der Waals surface area contributed by atoms with E-state index >= 15 is 0 Å². The van der Waals surface area contributed by atoms with Crippen LogP contribution in [0.15, 0.2) is 24.3 Å². The van der Waals surface area contributed by atoms with Gasteiger partial charge >= 0.3 is 6.36 Å². The Balaban J connectivity index is 2.27. The lowest BCUT2D eigenvalue weighted by atomic mass is 10.1. The van der Waals surface area contributed by atoms with E-state index in [4.69, 9.17) is 4.74 Å². The lowest BCUT2D eigenvalue weighted by Gasteiger charge is -2.07. The molecule has 0 N–H and O–H groups in total. The second kappa shape index (κ2) is 5.75. The van der Waals surface area contributed by atoms with Gasteiger partial charge in [0.1, 0.15) is 5.75 Å². The molecule has 0 aromatic heterocycles. The molecule has 0 aliphatic heterocycles. The maximum absolute atomic E-state index is 11.6. The van der Waals surface area contributed by atoms with Crippen molar-refractivity contribution in [2.75, 3.05) is 13.7 Å². The van der Waals surface area contributed by atoms with Crippen LogP contribution in [0.3, 0.4) is 0 Å². The van der Waals surface area contributed by atoms with Crippen LogP contribution in [0, 0.1) is 0 Å². The fourth-order valence-electron chi connectivity index (χ4n) is 1.26. The van der Waals surface area contributed by atoms with Gasteiger partial charge < -0.3 is 4.74 Å². The SMILES string of the molecule is COc1ccc(CCCOC(F)(F)F)cc1. The van der Waals surface area contributed by atoms with Crippen LogP contribution >= 0.6 is 0 Å². The summed E-state index contributed by atoms with van der Waals surface area (Å²) in [5.41, 5.74) is 0.964. The molecule has 0 amide bonds. The third kappa shape index (κ3) is 5.02. The van der Waals surface area contributed by atoms with Crippen LogP contribution in [-0.4, -0.2) is 20.1 Å². The van der Waals surface area contributed by atoms with Crippen LogP contribution < -0.4 is 4.74 Å². The standard InChI is InChI=1S/C11H13F3O2/c1-15-10-6-4-9(5-7-10)3-2-8-16-11(12,13)14/h4-7H,2-3,8H2,1H3. The third-order valence-corrected chi connectivity index (χ3v) is 2.03. The van der Waals surface area contributed by atoms with Crippen LogP contribution in [0.2, 0.25) is 0 Å². The van der Waals surface area contributed by atoms with Crippen LogP contribution in [0.5, 0.6) is 5.75 Å². The first-order valence-corrected chi connectivity index (χ1v) is 4.85. The summed E-state index contributed by atoms with van der Waals surface area (Å²) in [6, 6.07) is 7.21. The first-order valence-electron chi connectivity index (χ1n) is 4.85. The van der Waals surface area contributed by atoms with Crippen molar-refractivity contribution in [2.24, 2.45) is 0 Å². The zero-order valence-electron chi connectivity index (χ0n) is 8.88. The molecule has 0 spiro atoms. The summed E-state index contributed by atoms with van der Waals surface area (Å²) in [5.74, 6) is 0.732. The van der Waals surface area contributed by atoms with Crippen molar-refractivity contribution in [3.63, 3.8) is 0 Å². The van der Waals surface area contributed by atoms with Crippen molar-refractivity contribution in [1.82, 2.24) is 0 Å². The average Bonchev–Trinajstić information content (AvgIpc) is 2.24. The quantitative estimate of drug-likeness (QED) is 0.728. The number of rotatable bonds is 5. The van der Waals surface area contributed by atoms with Crippen molar-refractivity contribution < 1.29 is 22.6 Å². The average molecular weight is 234 g/mol. The fraction of sp³-hybridized carbons (Fsp3) is 0.455. The molecule has 0 aliphatic carbocycles. The minimum atomic E-state index is -4.53. The van der Waals surface area contributed by atoms with Gasteiger partial charge in [-0.15, -0.1) is 13.2 Å². The highest BCUT2D eigenvalue weighted by molar-refractivity contribution is 5.27. The maximum Gasteiger partial charge on any atom is 0.522 e. The van der Waals surface area contributed by atoms with E-state index in [1.165, 1.54) is 0 Å². The van der Waals surface area contributed by atoms with Gasteiger partial charge in [-0.05, 0) is 30.5 Å². The minimum Gasteiger partial charge on any atom is -0.497 e. The molecule has 1 aromatic rings. The Labute approximate surface area is 92.0 Å². The van der Waals surface area contributed by atoms with E-state index in [-0.39, 0.29) is 6.61 Å². The monoisotopic (exact) mass is 234 g/mol. The van der Waals surface area contributed by atoms with Crippen molar-refractivity contribution in [2.45, 2.75) is 19.2 Å². The minimum absolute atomic E-state index is 0.310. The second-order valence-corrected chi connectivity index (χ2v) is 3.25. The highest BCUT2D eigenvalue weighted by Crippen LogP contribution is 2.17. The van der Waals surface area contributed by atoms with Crippen LogP contribution in [0.4, 0.5) is 13.2 Å². The molecular formula is C11H13F3O2. The van der Waals surface area contributed by atoms with Gasteiger partial charge in [0.2, 0.25) is 0 Å². The van der Waals surface area contributed by atoms with Crippen molar-refractivity contribution in [1.29, 1.82) is 0 Å². The van der Waals surface area contributed by atoms with Crippen LogP contribution in [-0.2, 0) is 11.2 Å². The van der Waals surface area contributed by atoms with Gasteiger partial charge in [0, 0.05) is 0 Å². The summed E-state index contributed by atoms with van der Waals surface area (Å²) in [4.78, 5) is 0. The largest absolute Gasteiger partial charge is 0.522 e. The number of alkyl halides is 3. The van der Waals surface area contributed by atoms with Crippen LogP contribution in [0.25, 0.3) is 0 Å². The van der Waals surface area contributed by atoms with E-state index in [9.17, 15) is 13.2 Å². The first kappa shape index (κ1) is 12.8. The lowest BCUT2D eigenvalue weighted by Crippen LogP contribution is -2.14. The van der Waals surface area contributed by atoms with E-state index < -0.39 is 6.36 Å². The molecule has 0 unspecified atom stereocenters. The zero-order valence-corrected chi connectivity index (χ0v) is 8.88. The van der Waals surface area contributed by atoms with Gasteiger partial charge in [-0.2, -0.15) is 0 Å². The Bertz CT molecular complexity index is 306. The maximum atomic E-state index is 11.6. The summed E-state index contributed by atoms with van der Waals surface area (Å²) >= 11 is 0. The highest BCUT2D eigenvalue weighted by atomic mass is 19.4. The number of ether oxygens (including phenoxy) is 2. The molecule has 0 saturated heterocycles. The zero-order chi connectivity index (χ0) is 12.0. The van der Waals surface area contributed by atoms with E-state index in [2.05, 4.69) is 4.74 Å². The predicted octanol–water partition coefficient (Wildman–Crippen LogP) is 3.16. The van der Waals surface area contributed by atoms with Gasteiger partial charge in [0.05, 0.1) is 13.7 Å². The summed E-state index contributed by atoms with van der Waals surface area (Å²) in [7, 11) is 1.56. The molecule has 16 heavy (non-hydrogen) atoms. The summed E-state index contributed by atoms with van der Waals surface area (Å²) in [6.45, 7) is -0.310. The summed E-state index contributed by atoms with van der Waals surface area (Å²) in [6.07, 6.45) is -3.63. The Morgan fingerprint density at radius 3 is 2.25 bits per heavy atom. The normalized spacial score (nSPS) is 11.5. The molecule has 90 valence electrons. The van der Waals surface area contributed by atoms with Crippen molar-refractivity contribution >= 4 is 0 Å². The molecule has 0 aliphatic rings. The molecule has 0 radical (unpaired) electrons. The number of aryl methyl sites for hydroxylation is 1. The van der Waals surface area contributed by atoms with E-state index in [0.717, 1.165) is 11.3 Å². The Hall–Kier alpha value is -1.23. The fourth-order valence-corrected chi connectivity index (χ4v) is 1.26. The molecule has 0 saturated carbocycles. The van der Waals surface area contributed by atoms with Crippen molar-refractivity contribution in [3.05, 3.63) is 29.8 Å². The highest BCUT2D eigenvalue weighted by Gasteiger charge is 2.28. The second-order valence-electron chi connectivity index (χ2n) is 3.25. The van der Waals surface area contributed by atoms with E-state index in [1.54, 1.807) is 19.2 Å². The molecule has 2 nitrogen and oxygen atoms in total. The van der Waals surface area contributed by atoms with Crippen molar-refractivity contribution in [3.8, 4) is 5.75 Å². The molecule has 1 aromatic carbocycles. The molecule has 5 heteroatoms.